The quantitative estimate of drug-likeness (QED) is 0.462. The molecule has 7 heteroatoms. The lowest BCUT2D eigenvalue weighted by atomic mass is 10.1. The molecule has 0 unspecified atom stereocenters. The zero-order valence-electron chi connectivity index (χ0n) is 17.8. The maximum atomic E-state index is 12.8. The molecular formula is C23H25NO6. The third kappa shape index (κ3) is 4.15. The van der Waals surface area contributed by atoms with Crippen LogP contribution in [0.1, 0.15) is 57.1 Å². The van der Waals surface area contributed by atoms with Gasteiger partial charge in [-0.1, -0.05) is 12.1 Å². The van der Waals surface area contributed by atoms with Crippen molar-refractivity contribution in [2.75, 3.05) is 6.61 Å². The minimum Gasteiger partial charge on any atom is -0.464 e. The van der Waals surface area contributed by atoms with Crippen LogP contribution in [0.3, 0.4) is 0 Å². The van der Waals surface area contributed by atoms with Gasteiger partial charge in [0.1, 0.15) is 5.58 Å². The Labute approximate surface area is 174 Å². The molecule has 0 aliphatic carbocycles. The molecule has 3 rings (SSSR count). The van der Waals surface area contributed by atoms with Gasteiger partial charge in [0.15, 0.2) is 6.10 Å². The van der Waals surface area contributed by atoms with E-state index in [0.29, 0.717) is 28.0 Å². The second-order valence-corrected chi connectivity index (χ2v) is 7.28. The highest BCUT2D eigenvalue weighted by Gasteiger charge is 2.27. The van der Waals surface area contributed by atoms with Gasteiger partial charge in [0, 0.05) is 16.6 Å². The number of esters is 2. The van der Waals surface area contributed by atoms with Gasteiger partial charge in [-0.15, -0.1) is 0 Å². The SMILES string of the molecule is CCOC(=O)c1c(C)[nH]c(C(=O)[C@H](C)OC(=O)Cc2coc3cc(C)ccc23)c1C. The van der Waals surface area contributed by atoms with E-state index in [1.807, 2.05) is 25.1 Å². The van der Waals surface area contributed by atoms with E-state index in [2.05, 4.69) is 4.98 Å². The van der Waals surface area contributed by atoms with Gasteiger partial charge in [-0.3, -0.25) is 9.59 Å². The summed E-state index contributed by atoms with van der Waals surface area (Å²) >= 11 is 0. The van der Waals surface area contributed by atoms with Crippen LogP contribution in [0.2, 0.25) is 0 Å². The number of benzene rings is 1. The van der Waals surface area contributed by atoms with Crippen molar-refractivity contribution in [2.45, 2.75) is 47.1 Å². The Kier molecular flexibility index (Phi) is 6.10. The number of Topliss-reactive ketones (excluding diaryl/α,β-unsaturated/α-hetero) is 1. The minimum absolute atomic E-state index is 0.00943. The first kappa shape index (κ1) is 21.4. The highest BCUT2D eigenvalue weighted by atomic mass is 16.5. The maximum absolute atomic E-state index is 12.8. The zero-order valence-corrected chi connectivity index (χ0v) is 17.8. The first-order valence-electron chi connectivity index (χ1n) is 9.79. The number of carbonyl (C=O) groups excluding carboxylic acids is 3. The van der Waals surface area contributed by atoms with E-state index in [1.165, 1.54) is 13.2 Å². The van der Waals surface area contributed by atoms with E-state index in [9.17, 15) is 14.4 Å². The fourth-order valence-corrected chi connectivity index (χ4v) is 3.48. The van der Waals surface area contributed by atoms with Gasteiger partial charge in [-0.2, -0.15) is 0 Å². The van der Waals surface area contributed by atoms with E-state index < -0.39 is 23.8 Å². The Bertz CT molecular complexity index is 1120. The topological polar surface area (TPSA) is 98.6 Å². The van der Waals surface area contributed by atoms with E-state index in [0.717, 1.165) is 10.9 Å². The van der Waals surface area contributed by atoms with Crippen LogP contribution in [0.15, 0.2) is 28.9 Å². The monoisotopic (exact) mass is 411 g/mol. The van der Waals surface area contributed by atoms with E-state index >= 15 is 0 Å². The number of aromatic nitrogens is 1. The molecule has 2 heterocycles. The first-order chi connectivity index (χ1) is 14.2. The molecule has 0 amide bonds. The van der Waals surface area contributed by atoms with Crippen LogP contribution in [-0.4, -0.2) is 35.4 Å². The van der Waals surface area contributed by atoms with E-state index in [-0.39, 0.29) is 18.7 Å². The summed E-state index contributed by atoms with van der Waals surface area (Å²) in [5.41, 5.74) is 4.04. The highest BCUT2D eigenvalue weighted by molar-refractivity contribution is 6.04. The molecule has 0 radical (unpaired) electrons. The van der Waals surface area contributed by atoms with Crippen molar-refractivity contribution in [3.8, 4) is 0 Å². The molecule has 0 aliphatic heterocycles. The summed E-state index contributed by atoms with van der Waals surface area (Å²) in [5.74, 6) is -1.44. The molecule has 2 aromatic heterocycles. The Morgan fingerprint density at radius 1 is 1.17 bits per heavy atom. The largest absolute Gasteiger partial charge is 0.464 e. The second-order valence-electron chi connectivity index (χ2n) is 7.28. The summed E-state index contributed by atoms with van der Waals surface area (Å²) in [5, 5.41) is 0.839. The lowest BCUT2D eigenvalue weighted by Crippen LogP contribution is -2.26. The van der Waals surface area contributed by atoms with Crippen molar-refractivity contribution in [1.29, 1.82) is 0 Å². The van der Waals surface area contributed by atoms with Gasteiger partial charge in [-0.05, 0) is 51.8 Å². The number of carbonyl (C=O) groups is 3. The third-order valence-electron chi connectivity index (χ3n) is 4.99. The number of ether oxygens (including phenoxy) is 2. The molecule has 158 valence electrons. The van der Waals surface area contributed by atoms with Gasteiger partial charge in [0.2, 0.25) is 5.78 Å². The third-order valence-corrected chi connectivity index (χ3v) is 4.99. The molecule has 0 fully saturated rings. The Balaban J connectivity index is 1.71. The molecule has 1 atom stereocenters. The standard InChI is InChI=1S/C23H25NO6/c1-6-28-23(27)20-13(3)21(24-14(20)4)22(26)15(5)30-19(25)10-16-11-29-18-9-12(2)7-8-17(16)18/h7-9,11,15,24H,6,10H2,1-5H3/t15-/m0/s1. The maximum Gasteiger partial charge on any atom is 0.340 e. The summed E-state index contributed by atoms with van der Waals surface area (Å²) < 4.78 is 15.9. The molecule has 7 nitrogen and oxygen atoms in total. The van der Waals surface area contributed by atoms with E-state index in [1.54, 1.807) is 20.8 Å². The van der Waals surface area contributed by atoms with Gasteiger partial charge in [-0.25, -0.2) is 4.79 Å². The molecule has 3 aromatic rings. The number of hydrogen-bond donors (Lipinski definition) is 1. The fourth-order valence-electron chi connectivity index (χ4n) is 3.48. The Morgan fingerprint density at radius 3 is 2.60 bits per heavy atom. The summed E-state index contributed by atoms with van der Waals surface area (Å²) in [6.45, 7) is 8.78. The van der Waals surface area contributed by atoms with Crippen molar-refractivity contribution in [3.63, 3.8) is 0 Å². The summed E-state index contributed by atoms with van der Waals surface area (Å²) in [6.07, 6.45) is 0.511. The lowest BCUT2D eigenvalue weighted by molar-refractivity contribution is -0.145. The van der Waals surface area contributed by atoms with Crippen molar-refractivity contribution in [2.24, 2.45) is 0 Å². The van der Waals surface area contributed by atoms with Gasteiger partial charge in [0.05, 0.1) is 30.5 Å². The van der Waals surface area contributed by atoms with Crippen LogP contribution in [0.4, 0.5) is 0 Å². The van der Waals surface area contributed by atoms with Crippen molar-refractivity contribution in [1.82, 2.24) is 4.98 Å². The highest BCUT2D eigenvalue weighted by Crippen LogP contribution is 2.24. The number of fused-ring (bicyclic) bond motifs is 1. The number of aryl methyl sites for hydroxylation is 2. The number of ketones is 1. The number of nitrogens with one attached hydrogen (secondary N) is 1. The zero-order chi connectivity index (χ0) is 22.0. The van der Waals surface area contributed by atoms with Crippen LogP contribution in [0.5, 0.6) is 0 Å². The predicted molar refractivity (Wildman–Crippen MR) is 111 cm³/mol. The van der Waals surface area contributed by atoms with Crippen LogP contribution < -0.4 is 0 Å². The van der Waals surface area contributed by atoms with Crippen molar-refractivity contribution >= 4 is 28.7 Å². The number of furan rings is 1. The van der Waals surface area contributed by atoms with Crippen molar-refractivity contribution < 1.29 is 28.3 Å². The van der Waals surface area contributed by atoms with Gasteiger partial charge >= 0.3 is 11.9 Å². The smallest absolute Gasteiger partial charge is 0.340 e. The van der Waals surface area contributed by atoms with Crippen LogP contribution in [-0.2, 0) is 20.7 Å². The Hall–Kier alpha value is -3.35. The number of aromatic amines is 1. The van der Waals surface area contributed by atoms with E-state index in [4.69, 9.17) is 13.9 Å². The summed E-state index contributed by atoms with van der Waals surface area (Å²) in [6, 6.07) is 5.73. The van der Waals surface area contributed by atoms with Crippen LogP contribution in [0.25, 0.3) is 11.0 Å². The minimum atomic E-state index is -1.01. The number of hydrogen-bond acceptors (Lipinski definition) is 6. The molecular weight excluding hydrogens is 386 g/mol. The molecule has 1 aromatic carbocycles. The summed E-state index contributed by atoms with van der Waals surface area (Å²) in [4.78, 5) is 40.3. The molecule has 0 aliphatic rings. The number of H-pyrrole nitrogens is 1. The van der Waals surface area contributed by atoms with Crippen LogP contribution >= 0.6 is 0 Å². The number of rotatable bonds is 7. The first-order valence-corrected chi connectivity index (χ1v) is 9.79. The summed E-state index contributed by atoms with van der Waals surface area (Å²) in [7, 11) is 0. The second kappa shape index (κ2) is 8.57. The van der Waals surface area contributed by atoms with Gasteiger partial charge < -0.3 is 18.9 Å². The van der Waals surface area contributed by atoms with Crippen molar-refractivity contribution in [3.05, 3.63) is 58.1 Å². The van der Waals surface area contributed by atoms with Crippen LogP contribution in [0, 0.1) is 20.8 Å². The molecule has 0 saturated carbocycles. The molecule has 0 saturated heterocycles. The Morgan fingerprint density at radius 2 is 1.90 bits per heavy atom. The lowest BCUT2D eigenvalue weighted by Gasteiger charge is -2.12. The normalized spacial score (nSPS) is 12.0. The average Bonchev–Trinajstić information content (AvgIpc) is 3.20. The fraction of sp³-hybridized carbons (Fsp3) is 0.348. The molecule has 0 spiro atoms. The average molecular weight is 411 g/mol. The molecule has 30 heavy (non-hydrogen) atoms. The molecule has 1 N–H and O–H groups in total. The predicted octanol–water partition coefficient (Wildman–Crippen LogP) is 4.22. The molecule has 0 bridgehead atoms. The van der Waals surface area contributed by atoms with Gasteiger partial charge in [0.25, 0.3) is 0 Å².